The van der Waals surface area contributed by atoms with Crippen molar-refractivity contribution in [2.75, 3.05) is 6.26 Å². The van der Waals surface area contributed by atoms with Crippen molar-refractivity contribution in [3.8, 4) is 0 Å². The molecule has 0 N–H and O–H groups in total. The summed E-state index contributed by atoms with van der Waals surface area (Å²) in [7, 11) is 0. The van der Waals surface area contributed by atoms with E-state index in [9.17, 15) is 0 Å². The van der Waals surface area contributed by atoms with Crippen LogP contribution in [0.2, 0.25) is 5.28 Å². The van der Waals surface area contributed by atoms with Gasteiger partial charge in [0.2, 0.25) is 5.28 Å². The van der Waals surface area contributed by atoms with Crippen LogP contribution < -0.4 is 0 Å². The van der Waals surface area contributed by atoms with Crippen LogP contribution in [-0.4, -0.2) is 26.3 Å². The highest BCUT2D eigenvalue weighted by Crippen LogP contribution is 2.14. The van der Waals surface area contributed by atoms with Gasteiger partial charge in [-0.25, -0.2) is 0 Å². The standard InChI is InChI=1S/C8H14ClN3S/c1-4-7-10-11-8(9)12(7)5-6(2)13-3/h6H,4-5H2,1-3H3. The van der Waals surface area contributed by atoms with Crippen molar-refractivity contribution in [2.45, 2.75) is 32.1 Å². The zero-order chi connectivity index (χ0) is 9.84. The zero-order valence-corrected chi connectivity index (χ0v) is 9.69. The van der Waals surface area contributed by atoms with Crippen molar-refractivity contribution in [3.05, 3.63) is 11.1 Å². The quantitative estimate of drug-likeness (QED) is 0.778. The molecular weight excluding hydrogens is 206 g/mol. The van der Waals surface area contributed by atoms with Gasteiger partial charge in [0.1, 0.15) is 5.82 Å². The molecule has 74 valence electrons. The van der Waals surface area contributed by atoms with E-state index >= 15 is 0 Å². The Kier molecular flexibility index (Phi) is 4.06. The summed E-state index contributed by atoms with van der Waals surface area (Å²) in [6.07, 6.45) is 2.97. The smallest absolute Gasteiger partial charge is 0.225 e. The topological polar surface area (TPSA) is 30.7 Å². The van der Waals surface area contributed by atoms with Crippen molar-refractivity contribution in [1.29, 1.82) is 0 Å². The minimum atomic E-state index is 0.498. The average Bonchev–Trinajstić information content (AvgIpc) is 2.48. The molecule has 0 aliphatic heterocycles. The highest BCUT2D eigenvalue weighted by Gasteiger charge is 2.10. The minimum absolute atomic E-state index is 0.498. The lowest BCUT2D eigenvalue weighted by Crippen LogP contribution is -2.11. The summed E-state index contributed by atoms with van der Waals surface area (Å²) in [5.74, 6) is 0.964. The highest BCUT2D eigenvalue weighted by atomic mass is 35.5. The Morgan fingerprint density at radius 1 is 1.54 bits per heavy atom. The molecule has 1 rings (SSSR count). The van der Waals surface area contributed by atoms with E-state index in [0.717, 1.165) is 18.8 Å². The van der Waals surface area contributed by atoms with Crippen LogP contribution in [0.4, 0.5) is 0 Å². The molecule has 0 spiro atoms. The monoisotopic (exact) mass is 219 g/mol. The molecule has 0 saturated heterocycles. The molecule has 0 aliphatic carbocycles. The molecule has 0 aliphatic rings. The second-order valence-corrected chi connectivity index (χ2v) is 4.51. The van der Waals surface area contributed by atoms with Gasteiger partial charge >= 0.3 is 0 Å². The molecule has 0 saturated carbocycles. The number of nitrogens with zero attached hydrogens (tertiary/aromatic N) is 3. The molecule has 0 bridgehead atoms. The van der Waals surface area contributed by atoms with E-state index in [1.54, 1.807) is 0 Å². The molecule has 0 radical (unpaired) electrons. The van der Waals surface area contributed by atoms with E-state index in [-0.39, 0.29) is 0 Å². The van der Waals surface area contributed by atoms with Gasteiger partial charge in [0, 0.05) is 18.2 Å². The predicted octanol–water partition coefficient (Wildman–Crippen LogP) is 2.25. The Morgan fingerprint density at radius 3 is 2.77 bits per heavy atom. The van der Waals surface area contributed by atoms with E-state index in [4.69, 9.17) is 11.6 Å². The maximum Gasteiger partial charge on any atom is 0.225 e. The Hall–Kier alpha value is -0.220. The van der Waals surface area contributed by atoms with Crippen molar-refractivity contribution >= 4 is 23.4 Å². The summed E-state index contributed by atoms with van der Waals surface area (Å²) in [4.78, 5) is 0. The summed E-state index contributed by atoms with van der Waals surface area (Å²) in [5, 5.41) is 8.88. The fraction of sp³-hybridized carbons (Fsp3) is 0.750. The average molecular weight is 220 g/mol. The van der Waals surface area contributed by atoms with E-state index in [1.807, 2.05) is 16.3 Å². The van der Waals surface area contributed by atoms with Crippen molar-refractivity contribution < 1.29 is 0 Å². The van der Waals surface area contributed by atoms with Gasteiger partial charge in [-0.05, 0) is 17.9 Å². The fourth-order valence-electron chi connectivity index (χ4n) is 1.09. The Balaban J connectivity index is 2.79. The third kappa shape index (κ3) is 2.61. The largest absolute Gasteiger partial charge is 0.301 e. The lowest BCUT2D eigenvalue weighted by atomic mass is 10.4. The minimum Gasteiger partial charge on any atom is -0.301 e. The number of aromatic nitrogens is 3. The van der Waals surface area contributed by atoms with Gasteiger partial charge in [0.15, 0.2) is 0 Å². The molecule has 0 aromatic carbocycles. The first-order valence-electron chi connectivity index (χ1n) is 4.29. The molecule has 5 heteroatoms. The van der Waals surface area contributed by atoms with Gasteiger partial charge in [-0.3, -0.25) is 0 Å². The second kappa shape index (κ2) is 4.86. The van der Waals surface area contributed by atoms with Crippen LogP contribution in [0, 0.1) is 0 Å². The SMILES string of the molecule is CCc1nnc(Cl)n1CC(C)SC. The third-order valence-electron chi connectivity index (χ3n) is 1.94. The van der Waals surface area contributed by atoms with E-state index < -0.39 is 0 Å². The van der Waals surface area contributed by atoms with Crippen molar-refractivity contribution in [2.24, 2.45) is 0 Å². The lowest BCUT2D eigenvalue weighted by Gasteiger charge is -2.11. The first-order chi connectivity index (χ1) is 6.19. The van der Waals surface area contributed by atoms with Gasteiger partial charge in [-0.2, -0.15) is 11.8 Å². The third-order valence-corrected chi connectivity index (χ3v) is 3.17. The van der Waals surface area contributed by atoms with E-state index in [0.29, 0.717) is 10.5 Å². The number of aryl methyl sites for hydroxylation is 1. The van der Waals surface area contributed by atoms with Crippen molar-refractivity contribution in [3.63, 3.8) is 0 Å². The van der Waals surface area contributed by atoms with E-state index in [2.05, 4.69) is 30.3 Å². The van der Waals surface area contributed by atoms with Crippen LogP contribution in [0.25, 0.3) is 0 Å². The first-order valence-corrected chi connectivity index (χ1v) is 5.96. The van der Waals surface area contributed by atoms with E-state index in [1.165, 1.54) is 0 Å². The van der Waals surface area contributed by atoms with Crippen LogP contribution in [-0.2, 0) is 13.0 Å². The molecule has 0 fully saturated rings. The number of hydrogen-bond donors (Lipinski definition) is 0. The van der Waals surface area contributed by atoms with Gasteiger partial charge in [0.05, 0.1) is 0 Å². The molecule has 1 atom stereocenters. The second-order valence-electron chi connectivity index (χ2n) is 2.90. The highest BCUT2D eigenvalue weighted by molar-refractivity contribution is 7.99. The lowest BCUT2D eigenvalue weighted by molar-refractivity contribution is 0.654. The van der Waals surface area contributed by atoms with Crippen LogP contribution in [0.3, 0.4) is 0 Å². The first kappa shape index (κ1) is 10.9. The fourth-order valence-corrected chi connectivity index (χ4v) is 1.59. The number of rotatable bonds is 4. The van der Waals surface area contributed by atoms with Gasteiger partial charge in [0.25, 0.3) is 0 Å². The molecule has 0 amide bonds. The molecule has 1 aromatic heterocycles. The summed E-state index contributed by atoms with van der Waals surface area (Å²) < 4.78 is 1.97. The van der Waals surface area contributed by atoms with Crippen molar-refractivity contribution in [1.82, 2.24) is 14.8 Å². The maximum atomic E-state index is 5.90. The molecular formula is C8H14ClN3S. The Morgan fingerprint density at radius 2 is 2.23 bits per heavy atom. The number of hydrogen-bond acceptors (Lipinski definition) is 3. The normalized spacial score (nSPS) is 13.2. The molecule has 1 aromatic rings. The summed E-state index contributed by atoms with van der Waals surface area (Å²) in [6, 6.07) is 0. The Bertz CT molecular complexity index is 274. The van der Waals surface area contributed by atoms with Gasteiger partial charge in [-0.1, -0.05) is 13.8 Å². The van der Waals surface area contributed by atoms with Crippen LogP contribution in [0.15, 0.2) is 0 Å². The summed E-state index contributed by atoms with van der Waals surface area (Å²) in [6.45, 7) is 5.11. The molecule has 1 heterocycles. The summed E-state index contributed by atoms with van der Waals surface area (Å²) in [5.41, 5.74) is 0. The Labute approximate surface area is 87.9 Å². The molecule has 13 heavy (non-hydrogen) atoms. The molecule has 1 unspecified atom stereocenters. The van der Waals surface area contributed by atoms with Gasteiger partial charge in [-0.15, -0.1) is 10.2 Å². The molecule has 3 nitrogen and oxygen atoms in total. The van der Waals surface area contributed by atoms with Crippen LogP contribution >= 0.6 is 23.4 Å². The number of halogens is 1. The maximum absolute atomic E-state index is 5.90. The summed E-state index contributed by atoms with van der Waals surface area (Å²) >= 11 is 7.72. The van der Waals surface area contributed by atoms with Crippen LogP contribution in [0.5, 0.6) is 0 Å². The number of thioether (sulfide) groups is 1. The van der Waals surface area contributed by atoms with Crippen LogP contribution in [0.1, 0.15) is 19.7 Å². The zero-order valence-electron chi connectivity index (χ0n) is 8.12. The van der Waals surface area contributed by atoms with Gasteiger partial charge < -0.3 is 4.57 Å². The predicted molar refractivity (Wildman–Crippen MR) is 57.4 cm³/mol.